The standard InChI is InChI=1S/C45H80N4O16/c1-12-58-38(52)34(39(53)59-13-2)36(50)46-24-20-16-18-22-26-48-42(56)62-30-33(7)65-45(10,11)29-32(6)64-44(8,9)28-31(5)63-43(57)49-27-23-19-17-21-25-47-37(51)35(40(54)60-14-3)41(55)61-15-4/h31-35H,12-30H2,1-11H3,(H,46,50)(H,47,51)(H,48,56)(H,49,57). The van der Waals surface area contributed by atoms with Gasteiger partial charge >= 0.3 is 36.1 Å². The van der Waals surface area contributed by atoms with E-state index < -0.39 is 83.1 Å². The summed E-state index contributed by atoms with van der Waals surface area (Å²) in [4.78, 5) is 97.8. The van der Waals surface area contributed by atoms with Crippen molar-refractivity contribution in [2.24, 2.45) is 11.8 Å². The lowest BCUT2D eigenvalue weighted by molar-refractivity contribution is -0.167. The number of hydrogen-bond donors (Lipinski definition) is 4. The molecule has 0 saturated carbocycles. The summed E-state index contributed by atoms with van der Waals surface area (Å²) in [7, 11) is 0. The minimum Gasteiger partial charge on any atom is -0.465 e. The normalized spacial score (nSPS) is 12.9. The van der Waals surface area contributed by atoms with Gasteiger partial charge in [0.15, 0.2) is 0 Å². The van der Waals surface area contributed by atoms with Gasteiger partial charge in [-0.05, 0) is 102 Å². The minimum atomic E-state index is -1.66. The van der Waals surface area contributed by atoms with Gasteiger partial charge in [0.05, 0.1) is 49.8 Å². The van der Waals surface area contributed by atoms with Gasteiger partial charge in [-0.15, -0.1) is 0 Å². The van der Waals surface area contributed by atoms with Gasteiger partial charge in [0.2, 0.25) is 23.7 Å². The Hall–Kier alpha value is -4.72. The molecule has 0 spiro atoms. The van der Waals surface area contributed by atoms with Gasteiger partial charge in [-0.3, -0.25) is 28.8 Å². The van der Waals surface area contributed by atoms with Crippen LogP contribution in [-0.4, -0.2) is 137 Å². The van der Waals surface area contributed by atoms with Crippen molar-refractivity contribution in [2.75, 3.05) is 59.2 Å². The summed E-state index contributed by atoms with van der Waals surface area (Å²) in [6, 6.07) is 0. The van der Waals surface area contributed by atoms with Crippen molar-refractivity contribution in [3.05, 3.63) is 0 Å². The molecule has 3 atom stereocenters. The summed E-state index contributed by atoms with van der Waals surface area (Å²) in [6.07, 6.45) is 4.46. The molecule has 4 amide bonds. The van der Waals surface area contributed by atoms with Gasteiger partial charge in [0.25, 0.3) is 0 Å². The molecule has 0 saturated heterocycles. The van der Waals surface area contributed by atoms with Crippen LogP contribution in [0, 0.1) is 11.8 Å². The topological polar surface area (TPSA) is 259 Å². The number of esters is 4. The van der Waals surface area contributed by atoms with Gasteiger partial charge < -0.3 is 59.2 Å². The van der Waals surface area contributed by atoms with Crippen molar-refractivity contribution in [1.29, 1.82) is 0 Å². The van der Waals surface area contributed by atoms with Crippen molar-refractivity contribution in [2.45, 2.75) is 170 Å². The Balaban J connectivity index is 4.35. The van der Waals surface area contributed by atoms with Gasteiger partial charge in [-0.2, -0.15) is 0 Å². The number of nitrogens with one attached hydrogen (secondary N) is 4. The lowest BCUT2D eigenvalue weighted by Crippen LogP contribution is -2.42. The van der Waals surface area contributed by atoms with Crippen LogP contribution < -0.4 is 21.3 Å². The fourth-order valence-electron chi connectivity index (χ4n) is 6.89. The molecule has 0 heterocycles. The third-order valence-corrected chi connectivity index (χ3v) is 9.31. The number of unbranched alkanes of at least 4 members (excludes halogenated alkanes) is 6. The fourth-order valence-corrected chi connectivity index (χ4v) is 6.89. The smallest absolute Gasteiger partial charge is 0.407 e. The number of ether oxygens (including phenoxy) is 8. The van der Waals surface area contributed by atoms with Crippen LogP contribution in [0.15, 0.2) is 0 Å². The predicted molar refractivity (Wildman–Crippen MR) is 238 cm³/mol. The van der Waals surface area contributed by atoms with Crippen molar-refractivity contribution < 1.29 is 76.3 Å². The highest BCUT2D eigenvalue weighted by Gasteiger charge is 2.38. The summed E-state index contributed by atoms with van der Waals surface area (Å²) in [5.74, 6) is -8.61. The van der Waals surface area contributed by atoms with E-state index in [1.807, 2.05) is 41.5 Å². The Morgan fingerprint density at radius 3 is 1.11 bits per heavy atom. The third-order valence-electron chi connectivity index (χ3n) is 9.31. The summed E-state index contributed by atoms with van der Waals surface area (Å²) in [6.45, 7) is 21.1. The molecule has 20 nitrogen and oxygen atoms in total. The molecule has 0 aliphatic carbocycles. The highest BCUT2D eigenvalue weighted by Crippen LogP contribution is 2.27. The number of amides is 4. The molecule has 0 aromatic carbocycles. The van der Waals surface area contributed by atoms with E-state index in [-0.39, 0.29) is 52.2 Å². The number of alkyl carbamates (subject to hydrolysis) is 2. The van der Waals surface area contributed by atoms with Gasteiger partial charge in [0, 0.05) is 39.0 Å². The summed E-state index contributed by atoms with van der Waals surface area (Å²) < 4.78 is 42.8. The van der Waals surface area contributed by atoms with Crippen molar-refractivity contribution >= 4 is 47.9 Å². The SMILES string of the molecule is CCOC(=O)C(C(=O)NCCCCCCNC(=O)OCC(C)OC(C)(C)CC(C)OC(C)(C)CC(C)OC(=O)NCCCCCCNC(=O)C(C(=O)OCC)C(=O)OCC)C(=O)OCC. The van der Waals surface area contributed by atoms with Crippen molar-refractivity contribution in [3.63, 3.8) is 0 Å². The second-order valence-electron chi connectivity index (χ2n) is 16.7. The van der Waals surface area contributed by atoms with Crippen LogP contribution in [0.2, 0.25) is 0 Å². The average Bonchev–Trinajstić information content (AvgIpc) is 3.18. The first-order chi connectivity index (χ1) is 30.6. The molecule has 0 aromatic heterocycles. The van der Waals surface area contributed by atoms with E-state index in [9.17, 15) is 38.4 Å². The van der Waals surface area contributed by atoms with E-state index in [2.05, 4.69) is 21.3 Å². The van der Waals surface area contributed by atoms with E-state index in [4.69, 9.17) is 37.9 Å². The highest BCUT2D eigenvalue weighted by atomic mass is 16.6. The maximum absolute atomic E-state index is 12.4. The lowest BCUT2D eigenvalue weighted by atomic mass is 9.98. The summed E-state index contributed by atoms with van der Waals surface area (Å²) in [5.41, 5.74) is -1.24. The Labute approximate surface area is 385 Å². The zero-order valence-corrected chi connectivity index (χ0v) is 40.9. The van der Waals surface area contributed by atoms with Crippen molar-refractivity contribution in [1.82, 2.24) is 21.3 Å². The number of carbonyl (C=O) groups is 8. The molecule has 0 radical (unpaired) electrons. The molecule has 0 aliphatic rings. The Morgan fingerprint density at radius 1 is 0.415 bits per heavy atom. The number of hydrogen-bond acceptors (Lipinski definition) is 16. The van der Waals surface area contributed by atoms with Crippen LogP contribution in [0.1, 0.15) is 140 Å². The maximum Gasteiger partial charge on any atom is 0.407 e. The van der Waals surface area contributed by atoms with Gasteiger partial charge in [-0.1, -0.05) is 25.7 Å². The minimum absolute atomic E-state index is 0.0305. The van der Waals surface area contributed by atoms with Crippen LogP contribution >= 0.6 is 0 Å². The number of rotatable bonds is 35. The van der Waals surface area contributed by atoms with Gasteiger partial charge in [-0.25, -0.2) is 9.59 Å². The predicted octanol–water partition coefficient (Wildman–Crippen LogP) is 4.81. The molecule has 20 heteroatoms. The zero-order valence-electron chi connectivity index (χ0n) is 40.9. The maximum atomic E-state index is 12.4. The molecule has 376 valence electrons. The Morgan fingerprint density at radius 2 is 0.738 bits per heavy atom. The van der Waals surface area contributed by atoms with Crippen LogP contribution in [0.3, 0.4) is 0 Å². The largest absolute Gasteiger partial charge is 0.465 e. The van der Waals surface area contributed by atoms with Crippen LogP contribution in [0.5, 0.6) is 0 Å². The van der Waals surface area contributed by atoms with Crippen LogP contribution in [-0.2, 0) is 66.7 Å². The quantitative estimate of drug-likeness (QED) is 0.0288. The summed E-state index contributed by atoms with van der Waals surface area (Å²) >= 11 is 0. The van der Waals surface area contributed by atoms with E-state index in [1.165, 1.54) is 0 Å². The first kappa shape index (κ1) is 60.3. The highest BCUT2D eigenvalue weighted by molar-refractivity contribution is 6.14. The van der Waals surface area contributed by atoms with E-state index >= 15 is 0 Å². The molecular weight excluding hydrogens is 853 g/mol. The molecular formula is C45H80N4O16. The van der Waals surface area contributed by atoms with E-state index in [1.54, 1.807) is 34.6 Å². The molecule has 0 bridgehead atoms. The monoisotopic (exact) mass is 933 g/mol. The molecule has 0 fully saturated rings. The molecule has 0 aliphatic heterocycles. The first-order valence-corrected chi connectivity index (χ1v) is 23.1. The Bertz CT molecular complexity index is 1420. The van der Waals surface area contributed by atoms with Crippen LogP contribution in [0.4, 0.5) is 9.59 Å². The first-order valence-electron chi connectivity index (χ1n) is 23.1. The number of carbonyl (C=O) groups excluding carboxylic acids is 8. The van der Waals surface area contributed by atoms with Crippen molar-refractivity contribution in [3.8, 4) is 0 Å². The molecule has 0 aromatic rings. The van der Waals surface area contributed by atoms with E-state index in [0.29, 0.717) is 51.6 Å². The molecule has 65 heavy (non-hydrogen) atoms. The fraction of sp³-hybridized carbons (Fsp3) is 0.822. The molecule has 0 rings (SSSR count). The zero-order chi connectivity index (χ0) is 49.4. The molecule has 3 unspecified atom stereocenters. The second kappa shape index (κ2) is 33.7. The Kier molecular flexibility index (Phi) is 31.3. The van der Waals surface area contributed by atoms with Gasteiger partial charge in [0.1, 0.15) is 12.7 Å². The summed E-state index contributed by atoms with van der Waals surface area (Å²) in [5, 5.41) is 10.6. The van der Waals surface area contributed by atoms with E-state index in [0.717, 1.165) is 25.7 Å². The lowest BCUT2D eigenvalue weighted by Gasteiger charge is -2.36. The average molecular weight is 933 g/mol. The van der Waals surface area contributed by atoms with Crippen LogP contribution in [0.25, 0.3) is 0 Å². The molecule has 4 N–H and O–H groups in total. The third kappa shape index (κ3) is 28.7. The second-order valence-corrected chi connectivity index (χ2v) is 16.7.